The van der Waals surface area contributed by atoms with Gasteiger partial charge in [-0.2, -0.15) is 0 Å². The van der Waals surface area contributed by atoms with E-state index in [0.29, 0.717) is 11.9 Å². The van der Waals surface area contributed by atoms with E-state index in [1.807, 2.05) is 0 Å². The minimum Gasteiger partial charge on any atom is -0.342 e. The monoisotopic (exact) mass is 264 g/mol. The van der Waals surface area contributed by atoms with Gasteiger partial charge in [0.05, 0.1) is 0 Å². The third-order valence-corrected chi connectivity index (χ3v) is 5.62. The van der Waals surface area contributed by atoms with Gasteiger partial charge >= 0.3 is 0 Å². The fourth-order valence-electron chi connectivity index (χ4n) is 3.60. The number of likely N-dealkylation sites (tertiary alicyclic amines) is 1. The van der Waals surface area contributed by atoms with Crippen molar-refractivity contribution in [1.82, 2.24) is 10.2 Å². The van der Waals surface area contributed by atoms with Crippen molar-refractivity contribution in [2.75, 3.05) is 19.6 Å². The zero-order chi connectivity index (χ0) is 13.3. The van der Waals surface area contributed by atoms with Crippen LogP contribution in [0.2, 0.25) is 0 Å². The van der Waals surface area contributed by atoms with Gasteiger partial charge in [-0.05, 0) is 57.4 Å². The second-order valence-electron chi connectivity index (χ2n) is 6.91. The van der Waals surface area contributed by atoms with E-state index in [9.17, 15) is 4.79 Å². The van der Waals surface area contributed by atoms with E-state index < -0.39 is 0 Å². The predicted octanol–water partition coefficient (Wildman–Crippen LogP) is 2.56. The van der Waals surface area contributed by atoms with E-state index in [4.69, 9.17) is 0 Å². The summed E-state index contributed by atoms with van der Waals surface area (Å²) in [6.07, 6.45) is 9.68. The summed E-state index contributed by atoms with van der Waals surface area (Å²) in [5, 5.41) is 3.69. The van der Waals surface area contributed by atoms with Gasteiger partial charge in [0.2, 0.25) is 5.91 Å². The van der Waals surface area contributed by atoms with Crippen molar-refractivity contribution < 1.29 is 4.79 Å². The third-order valence-electron chi connectivity index (χ3n) is 5.62. The predicted molar refractivity (Wildman–Crippen MR) is 76.9 cm³/mol. The van der Waals surface area contributed by atoms with Crippen LogP contribution in [0.1, 0.15) is 58.3 Å². The van der Waals surface area contributed by atoms with Crippen molar-refractivity contribution in [2.45, 2.75) is 64.3 Å². The Morgan fingerprint density at radius 3 is 2.37 bits per heavy atom. The Balaban J connectivity index is 1.45. The van der Waals surface area contributed by atoms with Gasteiger partial charge in [-0.15, -0.1) is 0 Å². The van der Waals surface area contributed by atoms with Gasteiger partial charge in [-0.3, -0.25) is 4.79 Å². The third kappa shape index (κ3) is 2.81. The zero-order valence-electron chi connectivity index (χ0n) is 12.3. The molecule has 0 spiro atoms. The summed E-state index contributed by atoms with van der Waals surface area (Å²) in [7, 11) is 0. The number of hydrogen-bond acceptors (Lipinski definition) is 2. The van der Waals surface area contributed by atoms with E-state index in [-0.39, 0.29) is 5.41 Å². The summed E-state index contributed by atoms with van der Waals surface area (Å²) in [5.41, 5.74) is 0.0360. The Morgan fingerprint density at radius 1 is 1.21 bits per heavy atom. The molecule has 1 amide bonds. The van der Waals surface area contributed by atoms with Crippen molar-refractivity contribution in [1.29, 1.82) is 0 Å². The van der Waals surface area contributed by atoms with Gasteiger partial charge in [0.15, 0.2) is 0 Å². The molecule has 3 fully saturated rings. The van der Waals surface area contributed by atoms with Gasteiger partial charge in [0.25, 0.3) is 0 Å². The Labute approximate surface area is 117 Å². The van der Waals surface area contributed by atoms with Gasteiger partial charge in [-0.25, -0.2) is 0 Å². The summed E-state index contributed by atoms with van der Waals surface area (Å²) in [4.78, 5) is 14.8. The standard InChI is InChI=1S/C16H28N2O/c1-2-16(8-3-9-16)15(19)18-10-6-14(7-11-18)17-12-13-4-5-13/h13-14,17H,2-12H2,1H3. The lowest BCUT2D eigenvalue weighted by Crippen LogP contribution is -2.52. The molecule has 0 unspecified atom stereocenters. The quantitative estimate of drug-likeness (QED) is 0.827. The molecule has 1 saturated heterocycles. The van der Waals surface area contributed by atoms with E-state index in [1.165, 1.54) is 25.8 Å². The summed E-state index contributed by atoms with van der Waals surface area (Å²) < 4.78 is 0. The lowest BCUT2D eigenvalue weighted by molar-refractivity contribution is -0.149. The molecule has 1 aliphatic heterocycles. The molecule has 19 heavy (non-hydrogen) atoms. The second-order valence-corrected chi connectivity index (χ2v) is 6.91. The molecular weight excluding hydrogens is 236 g/mol. The number of amides is 1. The van der Waals surface area contributed by atoms with Crippen LogP contribution < -0.4 is 5.32 Å². The van der Waals surface area contributed by atoms with Crippen LogP contribution in [0.5, 0.6) is 0 Å². The molecule has 1 heterocycles. The minimum atomic E-state index is 0.0360. The van der Waals surface area contributed by atoms with Gasteiger partial charge < -0.3 is 10.2 Å². The second kappa shape index (κ2) is 5.43. The number of carbonyl (C=O) groups is 1. The molecule has 2 aliphatic carbocycles. The van der Waals surface area contributed by atoms with Crippen molar-refractivity contribution in [3.63, 3.8) is 0 Å². The van der Waals surface area contributed by atoms with Gasteiger partial charge in [-0.1, -0.05) is 13.3 Å². The van der Waals surface area contributed by atoms with E-state index in [2.05, 4.69) is 17.1 Å². The number of carbonyl (C=O) groups excluding carboxylic acids is 1. The lowest BCUT2D eigenvalue weighted by Gasteiger charge is -2.45. The zero-order valence-corrected chi connectivity index (χ0v) is 12.3. The van der Waals surface area contributed by atoms with Crippen molar-refractivity contribution in [3.8, 4) is 0 Å². The number of nitrogens with zero attached hydrogens (tertiary/aromatic N) is 1. The van der Waals surface area contributed by atoms with Crippen LogP contribution in [0.15, 0.2) is 0 Å². The molecule has 3 heteroatoms. The van der Waals surface area contributed by atoms with Crippen LogP contribution in [-0.2, 0) is 4.79 Å². The molecule has 0 aromatic carbocycles. The molecule has 0 aromatic heterocycles. The molecule has 108 valence electrons. The molecule has 3 rings (SSSR count). The minimum absolute atomic E-state index is 0.0360. The molecule has 0 atom stereocenters. The number of piperidine rings is 1. The Kier molecular flexibility index (Phi) is 3.84. The van der Waals surface area contributed by atoms with E-state index in [1.54, 1.807) is 0 Å². The van der Waals surface area contributed by atoms with Gasteiger partial charge in [0, 0.05) is 24.5 Å². The summed E-state index contributed by atoms with van der Waals surface area (Å²) >= 11 is 0. The molecule has 0 aromatic rings. The van der Waals surface area contributed by atoms with Crippen LogP contribution in [0, 0.1) is 11.3 Å². The number of rotatable bonds is 5. The molecule has 0 radical (unpaired) electrons. The van der Waals surface area contributed by atoms with Crippen molar-refractivity contribution >= 4 is 5.91 Å². The first-order valence-electron chi connectivity index (χ1n) is 8.26. The first kappa shape index (κ1) is 13.4. The van der Waals surface area contributed by atoms with Crippen LogP contribution in [0.3, 0.4) is 0 Å². The molecule has 2 saturated carbocycles. The maximum absolute atomic E-state index is 12.6. The van der Waals surface area contributed by atoms with Crippen LogP contribution in [-0.4, -0.2) is 36.5 Å². The Morgan fingerprint density at radius 2 is 1.89 bits per heavy atom. The van der Waals surface area contributed by atoms with Crippen LogP contribution in [0.25, 0.3) is 0 Å². The molecule has 0 bridgehead atoms. The molecule has 3 aliphatic rings. The lowest BCUT2D eigenvalue weighted by atomic mass is 9.66. The Hall–Kier alpha value is -0.570. The van der Waals surface area contributed by atoms with Crippen LogP contribution >= 0.6 is 0 Å². The van der Waals surface area contributed by atoms with Crippen molar-refractivity contribution in [2.24, 2.45) is 11.3 Å². The fraction of sp³-hybridized carbons (Fsp3) is 0.938. The summed E-state index contributed by atoms with van der Waals surface area (Å²) in [6.45, 7) is 5.34. The highest BCUT2D eigenvalue weighted by Gasteiger charge is 2.45. The highest BCUT2D eigenvalue weighted by Crippen LogP contribution is 2.45. The molecule has 3 nitrogen and oxygen atoms in total. The maximum Gasteiger partial charge on any atom is 0.228 e. The summed E-state index contributed by atoms with van der Waals surface area (Å²) in [6, 6.07) is 0.656. The normalized spacial score (nSPS) is 27.1. The highest BCUT2D eigenvalue weighted by molar-refractivity contribution is 5.83. The van der Waals surface area contributed by atoms with E-state index in [0.717, 1.165) is 51.1 Å². The summed E-state index contributed by atoms with van der Waals surface area (Å²) in [5.74, 6) is 1.42. The first-order chi connectivity index (χ1) is 9.23. The fourth-order valence-corrected chi connectivity index (χ4v) is 3.60. The largest absolute Gasteiger partial charge is 0.342 e. The highest BCUT2D eigenvalue weighted by atomic mass is 16.2. The Bertz CT molecular complexity index is 320. The van der Waals surface area contributed by atoms with Crippen LogP contribution in [0.4, 0.5) is 0 Å². The number of hydrogen-bond donors (Lipinski definition) is 1. The van der Waals surface area contributed by atoms with E-state index >= 15 is 0 Å². The smallest absolute Gasteiger partial charge is 0.228 e. The first-order valence-corrected chi connectivity index (χ1v) is 8.26. The molecular formula is C16H28N2O. The van der Waals surface area contributed by atoms with Crippen molar-refractivity contribution in [3.05, 3.63) is 0 Å². The topological polar surface area (TPSA) is 32.3 Å². The average Bonchev–Trinajstić information content (AvgIpc) is 3.20. The average molecular weight is 264 g/mol. The number of nitrogens with one attached hydrogen (secondary N) is 1. The van der Waals surface area contributed by atoms with Gasteiger partial charge in [0.1, 0.15) is 0 Å². The molecule has 1 N–H and O–H groups in total. The maximum atomic E-state index is 12.6. The SMILES string of the molecule is CCC1(C(=O)N2CCC(NCC3CC3)CC2)CCC1.